The predicted octanol–water partition coefficient (Wildman–Crippen LogP) is 2.62. The van der Waals surface area contributed by atoms with Crippen LogP contribution in [0.3, 0.4) is 0 Å². The standard InChI is InChI=1S/C25H32N4O3/c1-28(2)17-16-27-23(30)25(12-14-26-15-13-25)29(3)24(31)32-22-20-10-6-4-8-18(20)19-9-5-7-11-21(19)22/h4-11,22,26H,12-17H2,1-3H3,(H,27,30). The fraction of sp³-hybridized carbons (Fsp3) is 0.440. The SMILES string of the molecule is CN(C)CCNC(=O)C1(N(C)C(=O)OC2c3ccccc3-c3ccccc32)CCNCC1. The summed E-state index contributed by atoms with van der Waals surface area (Å²) in [5.74, 6) is -0.118. The lowest BCUT2D eigenvalue weighted by molar-refractivity contribution is -0.134. The minimum Gasteiger partial charge on any atom is -0.436 e. The maximum Gasteiger partial charge on any atom is 0.411 e. The van der Waals surface area contributed by atoms with Gasteiger partial charge in [-0.2, -0.15) is 0 Å². The van der Waals surface area contributed by atoms with Gasteiger partial charge in [-0.15, -0.1) is 0 Å². The first-order chi connectivity index (χ1) is 15.4. The number of benzene rings is 2. The van der Waals surface area contributed by atoms with Crippen molar-refractivity contribution >= 4 is 12.0 Å². The van der Waals surface area contributed by atoms with Crippen molar-refractivity contribution in [2.24, 2.45) is 0 Å². The monoisotopic (exact) mass is 436 g/mol. The number of nitrogens with zero attached hydrogens (tertiary/aromatic N) is 2. The number of nitrogens with one attached hydrogen (secondary N) is 2. The normalized spacial score (nSPS) is 16.9. The van der Waals surface area contributed by atoms with Crippen molar-refractivity contribution in [1.82, 2.24) is 20.4 Å². The molecule has 32 heavy (non-hydrogen) atoms. The van der Waals surface area contributed by atoms with E-state index in [0.717, 1.165) is 28.8 Å². The van der Waals surface area contributed by atoms with Gasteiger partial charge < -0.3 is 20.3 Å². The molecule has 1 heterocycles. The molecule has 2 aromatic carbocycles. The molecule has 0 aromatic heterocycles. The van der Waals surface area contributed by atoms with Crippen LogP contribution >= 0.6 is 0 Å². The summed E-state index contributed by atoms with van der Waals surface area (Å²) in [5.41, 5.74) is 3.20. The largest absolute Gasteiger partial charge is 0.436 e. The van der Waals surface area contributed by atoms with Gasteiger partial charge in [0.25, 0.3) is 0 Å². The van der Waals surface area contributed by atoms with Crippen LogP contribution in [0.2, 0.25) is 0 Å². The molecule has 2 amide bonds. The predicted molar refractivity (Wildman–Crippen MR) is 124 cm³/mol. The van der Waals surface area contributed by atoms with Crippen LogP contribution in [-0.2, 0) is 9.53 Å². The smallest absolute Gasteiger partial charge is 0.411 e. The van der Waals surface area contributed by atoms with E-state index in [4.69, 9.17) is 4.74 Å². The van der Waals surface area contributed by atoms with Gasteiger partial charge in [-0.25, -0.2) is 4.79 Å². The van der Waals surface area contributed by atoms with Crippen LogP contribution in [0.4, 0.5) is 4.79 Å². The third-order valence-corrected chi connectivity index (χ3v) is 6.61. The highest BCUT2D eigenvalue weighted by Gasteiger charge is 2.46. The van der Waals surface area contributed by atoms with Crippen molar-refractivity contribution in [3.8, 4) is 11.1 Å². The maximum absolute atomic E-state index is 13.4. The molecule has 2 aromatic rings. The van der Waals surface area contributed by atoms with Crippen molar-refractivity contribution < 1.29 is 14.3 Å². The van der Waals surface area contributed by atoms with Crippen molar-refractivity contribution in [1.29, 1.82) is 0 Å². The zero-order valence-corrected chi connectivity index (χ0v) is 19.1. The molecule has 1 aliphatic heterocycles. The quantitative estimate of drug-likeness (QED) is 0.728. The second kappa shape index (κ2) is 9.30. The maximum atomic E-state index is 13.4. The second-order valence-electron chi connectivity index (χ2n) is 8.84. The summed E-state index contributed by atoms with van der Waals surface area (Å²) in [5, 5.41) is 6.32. The van der Waals surface area contributed by atoms with E-state index in [1.165, 1.54) is 4.90 Å². The first-order valence-electron chi connectivity index (χ1n) is 11.2. The molecule has 0 saturated carbocycles. The molecule has 0 unspecified atom stereocenters. The lowest BCUT2D eigenvalue weighted by Gasteiger charge is -2.43. The number of likely N-dealkylation sites (N-methyl/N-ethyl adjacent to an activating group) is 2. The molecule has 7 heteroatoms. The minimum absolute atomic E-state index is 0.118. The van der Waals surface area contributed by atoms with E-state index in [9.17, 15) is 9.59 Å². The Kier molecular flexibility index (Phi) is 6.48. The Hall–Kier alpha value is -2.90. The van der Waals surface area contributed by atoms with Gasteiger partial charge in [0.1, 0.15) is 5.54 Å². The van der Waals surface area contributed by atoms with Crippen LogP contribution in [0, 0.1) is 0 Å². The molecule has 1 saturated heterocycles. The van der Waals surface area contributed by atoms with E-state index < -0.39 is 17.7 Å². The highest BCUT2D eigenvalue weighted by Crippen LogP contribution is 2.45. The number of amides is 2. The highest BCUT2D eigenvalue weighted by molar-refractivity contribution is 5.90. The molecule has 4 rings (SSSR count). The number of carbonyl (C=O) groups excluding carboxylic acids is 2. The Morgan fingerprint density at radius 2 is 1.56 bits per heavy atom. The molecule has 2 aliphatic rings. The van der Waals surface area contributed by atoms with Crippen LogP contribution in [-0.4, -0.2) is 74.7 Å². The molecule has 2 N–H and O–H groups in total. The van der Waals surface area contributed by atoms with E-state index in [2.05, 4.69) is 22.8 Å². The lowest BCUT2D eigenvalue weighted by Crippen LogP contribution is -2.63. The summed E-state index contributed by atoms with van der Waals surface area (Å²) < 4.78 is 6.08. The van der Waals surface area contributed by atoms with Gasteiger partial charge in [0.05, 0.1) is 0 Å². The minimum atomic E-state index is -0.924. The van der Waals surface area contributed by atoms with Crippen molar-refractivity contribution in [2.45, 2.75) is 24.5 Å². The topological polar surface area (TPSA) is 73.9 Å². The third-order valence-electron chi connectivity index (χ3n) is 6.61. The van der Waals surface area contributed by atoms with E-state index in [1.807, 2.05) is 55.4 Å². The summed E-state index contributed by atoms with van der Waals surface area (Å²) in [6, 6.07) is 16.0. The zero-order valence-electron chi connectivity index (χ0n) is 19.1. The van der Waals surface area contributed by atoms with Crippen LogP contribution < -0.4 is 10.6 Å². The van der Waals surface area contributed by atoms with Crippen LogP contribution in [0.15, 0.2) is 48.5 Å². The molecule has 0 atom stereocenters. The van der Waals surface area contributed by atoms with Crippen molar-refractivity contribution in [3.05, 3.63) is 59.7 Å². The first-order valence-corrected chi connectivity index (χ1v) is 11.2. The Morgan fingerprint density at radius 3 is 2.12 bits per heavy atom. The second-order valence-corrected chi connectivity index (χ2v) is 8.84. The van der Waals surface area contributed by atoms with Crippen LogP contribution in [0.5, 0.6) is 0 Å². The average molecular weight is 437 g/mol. The number of piperidine rings is 1. The zero-order chi connectivity index (χ0) is 22.7. The molecule has 0 radical (unpaired) electrons. The fourth-order valence-electron chi connectivity index (χ4n) is 4.70. The van der Waals surface area contributed by atoms with Gasteiger partial charge in [0.2, 0.25) is 5.91 Å². The third kappa shape index (κ3) is 4.10. The van der Waals surface area contributed by atoms with E-state index >= 15 is 0 Å². The van der Waals surface area contributed by atoms with E-state index in [0.29, 0.717) is 32.5 Å². The Labute approximate surface area is 189 Å². The Morgan fingerprint density at radius 1 is 1.00 bits per heavy atom. The Balaban J connectivity index is 1.56. The average Bonchev–Trinajstić information content (AvgIpc) is 3.12. The summed E-state index contributed by atoms with van der Waals surface area (Å²) in [7, 11) is 5.62. The van der Waals surface area contributed by atoms with E-state index in [1.54, 1.807) is 7.05 Å². The van der Waals surface area contributed by atoms with Gasteiger partial charge in [0, 0.05) is 31.3 Å². The summed E-state index contributed by atoms with van der Waals surface area (Å²) in [6.45, 7) is 2.62. The molecular weight excluding hydrogens is 404 g/mol. The summed E-state index contributed by atoms with van der Waals surface area (Å²) in [4.78, 5) is 30.2. The van der Waals surface area contributed by atoms with Crippen LogP contribution in [0.1, 0.15) is 30.1 Å². The fourth-order valence-corrected chi connectivity index (χ4v) is 4.70. The first kappa shape index (κ1) is 22.3. The van der Waals surface area contributed by atoms with Gasteiger partial charge in [-0.3, -0.25) is 9.69 Å². The molecule has 1 fully saturated rings. The molecular formula is C25H32N4O3. The summed E-state index contributed by atoms with van der Waals surface area (Å²) >= 11 is 0. The summed E-state index contributed by atoms with van der Waals surface area (Å²) in [6.07, 6.45) is 0.133. The Bertz CT molecular complexity index is 939. The molecule has 0 bridgehead atoms. The van der Waals surface area contributed by atoms with Gasteiger partial charge in [0.15, 0.2) is 6.10 Å². The van der Waals surface area contributed by atoms with Gasteiger partial charge in [-0.1, -0.05) is 48.5 Å². The van der Waals surface area contributed by atoms with Crippen molar-refractivity contribution in [3.63, 3.8) is 0 Å². The number of fused-ring (bicyclic) bond motifs is 3. The lowest BCUT2D eigenvalue weighted by atomic mass is 9.86. The molecule has 0 spiro atoms. The number of hydrogen-bond acceptors (Lipinski definition) is 5. The number of carbonyl (C=O) groups is 2. The van der Waals surface area contributed by atoms with Crippen LogP contribution in [0.25, 0.3) is 11.1 Å². The van der Waals surface area contributed by atoms with Gasteiger partial charge >= 0.3 is 6.09 Å². The number of hydrogen-bond donors (Lipinski definition) is 2. The molecule has 1 aliphatic carbocycles. The molecule has 170 valence electrons. The molecule has 7 nitrogen and oxygen atoms in total. The number of rotatable bonds is 6. The highest BCUT2D eigenvalue weighted by atomic mass is 16.6. The van der Waals surface area contributed by atoms with E-state index in [-0.39, 0.29) is 5.91 Å². The number of ether oxygens (including phenoxy) is 1. The van der Waals surface area contributed by atoms with Crippen molar-refractivity contribution in [2.75, 3.05) is 47.3 Å². The van der Waals surface area contributed by atoms with Gasteiger partial charge in [-0.05, 0) is 51.2 Å².